The zero-order valence-electron chi connectivity index (χ0n) is 7.43. The van der Waals surface area contributed by atoms with Crippen LogP contribution >= 0.6 is 47.8 Å². The van der Waals surface area contributed by atoms with Gasteiger partial charge in [-0.15, -0.1) is 0 Å². The third-order valence-corrected chi connectivity index (χ3v) is 4.65. The van der Waals surface area contributed by atoms with Crippen molar-refractivity contribution < 1.29 is 4.79 Å². The molecular weight excluding hydrogens is 388 g/mol. The molecule has 4 heteroatoms. The fourth-order valence-corrected chi connectivity index (χ4v) is 2.55. The van der Waals surface area contributed by atoms with Gasteiger partial charge in [0.2, 0.25) is 0 Å². The summed E-state index contributed by atoms with van der Waals surface area (Å²) in [5.74, 6) is 0. The van der Waals surface area contributed by atoms with E-state index in [1.165, 1.54) is 0 Å². The maximum Gasteiger partial charge on any atom is 0.151 e. The summed E-state index contributed by atoms with van der Waals surface area (Å²) in [6.07, 6.45) is 0.847. The molecule has 0 heterocycles. The van der Waals surface area contributed by atoms with Crippen LogP contribution in [-0.2, 0) is 0 Å². The van der Waals surface area contributed by atoms with E-state index in [4.69, 9.17) is 0 Å². The molecule has 76 valence electrons. The Hall–Kier alpha value is -0.190. The molecule has 15 heavy (non-hydrogen) atoms. The summed E-state index contributed by atoms with van der Waals surface area (Å²) < 4.78 is 2.80. The van der Waals surface area contributed by atoms with E-state index >= 15 is 0 Å². The Kier molecular flexibility index (Phi) is 3.28. The van der Waals surface area contributed by atoms with Crippen LogP contribution in [-0.4, -0.2) is 6.29 Å². The number of carbonyl (C=O) groups is 1. The van der Waals surface area contributed by atoms with Crippen molar-refractivity contribution in [2.45, 2.75) is 0 Å². The van der Waals surface area contributed by atoms with Gasteiger partial charge in [-0.2, -0.15) is 0 Å². The predicted molar refractivity (Wildman–Crippen MR) is 72.4 cm³/mol. The number of benzene rings is 2. The van der Waals surface area contributed by atoms with Crippen molar-refractivity contribution in [2.75, 3.05) is 0 Å². The SMILES string of the molecule is O=Cc1cc2cc(Br)c(Br)cc2cc1Br. The second kappa shape index (κ2) is 4.36. The van der Waals surface area contributed by atoms with E-state index in [1.54, 1.807) is 0 Å². The molecule has 0 spiro atoms. The monoisotopic (exact) mass is 390 g/mol. The minimum Gasteiger partial charge on any atom is -0.298 e. The van der Waals surface area contributed by atoms with E-state index in [-0.39, 0.29) is 0 Å². The van der Waals surface area contributed by atoms with Crippen molar-refractivity contribution >= 4 is 64.8 Å². The van der Waals surface area contributed by atoms with Crippen LogP contribution in [0, 0.1) is 0 Å². The van der Waals surface area contributed by atoms with E-state index in [0.29, 0.717) is 5.56 Å². The zero-order valence-corrected chi connectivity index (χ0v) is 12.2. The lowest BCUT2D eigenvalue weighted by molar-refractivity contribution is 0.112. The van der Waals surface area contributed by atoms with Crippen LogP contribution in [0.2, 0.25) is 0 Å². The molecule has 0 unspecified atom stereocenters. The lowest BCUT2D eigenvalue weighted by Gasteiger charge is -2.04. The molecule has 0 aliphatic rings. The number of fused-ring (bicyclic) bond motifs is 1. The third-order valence-electron chi connectivity index (χ3n) is 2.12. The Morgan fingerprint density at radius 3 is 1.80 bits per heavy atom. The molecule has 2 aromatic carbocycles. The number of aldehydes is 1. The maximum atomic E-state index is 10.8. The van der Waals surface area contributed by atoms with Crippen LogP contribution in [0.4, 0.5) is 0 Å². The predicted octanol–water partition coefficient (Wildman–Crippen LogP) is 4.94. The number of hydrogen-bond donors (Lipinski definition) is 0. The van der Waals surface area contributed by atoms with Crippen LogP contribution in [0.3, 0.4) is 0 Å². The standard InChI is InChI=1S/C11H5Br3O/c12-9-2-7-4-11(14)10(13)3-6(7)1-8(9)5-15/h1-5H. The molecule has 0 aliphatic heterocycles. The first kappa shape index (κ1) is 11.3. The minimum absolute atomic E-state index is 0.664. The van der Waals surface area contributed by atoms with Gasteiger partial charge in [0.15, 0.2) is 6.29 Å². The van der Waals surface area contributed by atoms with Crippen molar-refractivity contribution in [3.8, 4) is 0 Å². The number of rotatable bonds is 1. The molecular formula is C11H5Br3O. The summed E-state index contributed by atoms with van der Waals surface area (Å²) in [6, 6.07) is 7.80. The summed E-state index contributed by atoms with van der Waals surface area (Å²) in [5, 5.41) is 2.12. The molecule has 0 radical (unpaired) electrons. The van der Waals surface area contributed by atoms with Crippen LogP contribution < -0.4 is 0 Å². The van der Waals surface area contributed by atoms with Gasteiger partial charge in [0.25, 0.3) is 0 Å². The van der Waals surface area contributed by atoms with Gasteiger partial charge in [0, 0.05) is 19.0 Å². The first-order chi connectivity index (χ1) is 7.11. The average Bonchev–Trinajstić information content (AvgIpc) is 2.20. The van der Waals surface area contributed by atoms with Gasteiger partial charge >= 0.3 is 0 Å². The number of hydrogen-bond acceptors (Lipinski definition) is 1. The molecule has 0 saturated carbocycles. The van der Waals surface area contributed by atoms with E-state index in [0.717, 1.165) is 30.5 Å². The third kappa shape index (κ3) is 2.17. The molecule has 1 nitrogen and oxygen atoms in total. The van der Waals surface area contributed by atoms with E-state index in [9.17, 15) is 4.79 Å². The summed E-state index contributed by atoms with van der Waals surface area (Å²) in [6.45, 7) is 0. The molecule has 0 amide bonds. The van der Waals surface area contributed by atoms with Crippen LogP contribution in [0.5, 0.6) is 0 Å². The summed E-state index contributed by atoms with van der Waals surface area (Å²) >= 11 is 10.2. The summed E-state index contributed by atoms with van der Waals surface area (Å²) in [5.41, 5.74) is 0.664. The Bertz CT molecular complexity index is 549. The van der Waals surface area contributed by atoms with Gasteiger partial charge in [-0.1, -0.05) is 15.9 Å². The topological polar surface area (TPSA) is 17.1 Å². The Labute approximate surface area is 112 Å². The Morgan fingerprint density at radius 1 is 0.800 bits per heavy atom. The maximum absolute atomic E-state index is 10.8. The summed E-state index contributed by atoms with van der Waals surface area (Å²) in [7, 11) is 0. The summed E-state index contributed by atoms with van der Waals surface area (Å²) in [4.78, 5) is 10.8. The highest BCUT2D eigenvalue weighted by atomic mass is 79.9. The fraction of sp³-hybridized carbons (Fsp3) is 0. The highest BCUT2D eigenvalue weighted by Gasteiger charge is 2.04. The van der Waals surface area contributed by atoms with Crippen LogP contribution in [0.15, 0.2) is 37.7 Å². The smallest absolute Gasteiger partial charge is 0.151 e. The van der Waals surface area contributed by atoms with Gasteiger partial charge in [0.1, 0.15) is 0 Å². The second-order valence-corrected chi connectivity index (χ2v) is 5.67. The minimum atomic E-state index is 0.664. The molecule has 0 atom stereocenters. The molecule has 0 bridgehead atoms. The zero-order chi connectivity index (χ0) is 11.0. The molecule has 0 saturated heterocycles. The molecule has 2 rings (SSSR count). The van der Waals surface area contributed by atoms with Crippen LogP contribution in [0.1, 0.15) is 10.4 Å². The van der Waals surface area contributed by atoms with Gasteiger partial charge in [-0.25, -0.2) is 0 Å². The highest BCUT2D eigenvalue weighted by molar-refractivity contribution is 9.13. The molecule has 0 N–H and O–H groups in total. The first-order valence-corrected chi connectivity index (χ1v) is 6.53. The van der Waals surface area contributed by atoms with Crippen molar-refractivity contribution in [3.05, 3.63) is 43.2 Å². The first-order valence-electron chi connectivity index (χ1n) is 4.15. The number of carbonyl (C=O) groups excluding carboxylic acids is 1. The van der Waals surface area contributed by atoms with Crippen molar-refractivity contribution in [2.24, 2.45) is 0 Å². The van der Waals surface area contributed by atoms with Gasteiger partial charge in [0.05, 0.1) is 0 Å². The van der Waals surface area contributed by atoms with Gasteiger partial charge in [-0.3, -0.25) is 4.79 Å². The Balaban J connectivity index is 2.82. The van der Waals surface area contributed by atoms with E-state index < -0.39 is 0 Å². The van der Waals surface area contributed by atoms with Crippen molar-refractivity contribution in [1.29, 1.82) is 0 Å². The lowest BCUT2D eigenvalue weighted by atomic mass is 10.1. The normalized spacial score (nSPS) is 10.6. The van der Waals surface area contributed by atoms with E-state index in [1.807, 2.05) is 24.3 Å². The van der Waals surface area contributed by atoms with Crippen LogP contribution in [0.25, 0.3) is 10.8 Å². The molecule has 2 aromatic rings. The van der Waals surface area contributed by atoms with E-state index in [2.05, 4.69) is 47.8 Å². The number of halogens is 3. The molecule has 0 aliphatic carbocycles. The lowest BCUT2D eigenvalue weighted by Crippen LogP contribution is -1.84. The van der Waals surface area contributed by atoms with Gasteiger partial charge in [-0.05, 0) is 66.9 Å². The highest BCUT2D eigenvalue weighted by Crippen LogP contribution is 2.31. The Morgan fingerprint density at radius 2 is 1.27 bits per heavy atom. The molecule has 0 aromatic heterocycles. The van der Waals surface area contributed by atoms with Crippen molar-refractivity contribution in [3.63, 3.8) is 0 Å². The quantitative estimate of drug-likeness (QED) is 0.628. The van der Waals surface area contributed by atoms with Gasteiger partial charge < -0.3 is 0 Å². The fourth-order valence-electron chi connectivity index (χ4n) is 1.37. The second-order valence-electron chi connectivity index (χ2n) is 3.11. The average molecular weight is 393 g/mol. The van der Waals surface area contributed by atoms with Crippen molar-refractivity contribution in [1.82, 2.24) is 0 Å². The largest absolute Gasteiger partial charge is 0.298 e. The molecule has 0 fully saturated rings.